The van der Waals surface area contributed by atoms with E-state index in [1.54, 1.807) is 16.7 Å². The van der Waals surface area contributed by atoms with Crippen LogP contribution >= 0.6 is 0 Å². The van der Waals surface area contributed by atoms with Gasteiger partial charge >= 0.3 is 12.1 Å². The number of aromatic nitrogens is 1. The maximum absolute atomic E-state index is 13.8. The molecule has 0 radical (unpaired) electrons. The SMILES string of the molecule is C#CCNc1ccc(NCC#C)c(N2CCN(C(=O)OCC3CCCN3C(=O)C3(C(=O)OCC)CCCCC3)CC2)n1. The fourth-order valence-corrected chi connectivity index (χ4v) is 6.05. The summed E-state index contributed by atoms with van der Waals surface area (Å²) in [5.41, 5.74) is -0.313. The maximum Gasteiger partial charge on any atom is 0.409 e. The predicted octanol–water partition coefficient (Wildman–Crippen LogP) is 2.94. The van der Waals surface area contributed by atoms with Crippen LogP contribution < -0.4 is 15.5 Å². The van der Waals surface area contributed by atoms with Crippen LogP contribution in [0.2, 0.25) is 0 Å². The largest absolute Gasteiger partial charge is 0.465 e. The van der Waals surface area contributed by atoms with Gasteiger partial charge in [0.1, 0.15) is 17.8 Å². The monoisotopic (exact) mass is 578 g/mol. The second kappa shape index (κ2) is 14.7. The zero-order valence-corrected chi connectivity index (χ0v) is 24.5. The fraction of sp³-hybridized carbons (Fsp3) is 0.613. The molecule has 0 bridgehead atoms. The van der Waals surface area contributed by atoms with E-state index in [-0.39, 0.29) is 25.2 Å². The van der Waals surface area contributed by atoms with Gasteiger partial charge in [-0.2, -0.15) is 0 Å². The number of pyridine rings is 1. The van der Waals surface area contributed by atoms with Gasteiger partial charge in [0.05, 0.1) is 31.4 Å². The van der Waals surface area contributed by atoms with Crippen molar-refractivity contribution >= 4 is 35.3 Å². The highest BCUT2D eigenvalue weighted by Gasteiger charge is 2.51. The highest BCUT2D eigenvalue weighted by atomic mass is 16.6. The van der Waals surface area contributed by atoms with Crippen LogP contribution in [0.4, 0.5) is 22.1 Å². The van der Waals surface area contributed by atoms with Crippen molar-refractivity contribution in [3.05, 3.63) is 12.1 Å². The molecule has 1 aromatic heterocycles. The number of hydrogen-bond acceptors (Lipinski definition) is 9. The molecule has 2 amide bonds. The van der Waals surface area contributed by atoms with Gasteiger partial charge in [0.15, 0.2) is 5.82 Å². The third kappa shape index (κ3) is 7.02. The van der Waals surface area contributed by atoms with Crippen LogP contribution in [0.5, 0.6) is 0 Å². The lowest BCUT2D eigenvalue weighted by Gasteiger charge is -2.38. The van der Waals surface area contributed by atoms with Crippen LogP contribution in [0, 0.1) is 30.1 Å². The Hall–Kier alpha value is -4.12. The van der Waals surface area contributed by atoms with E-state index in [1.807, 2.05) is 12.1 Å². The average Bonchev–Trinajstić information content (AvgIpc) is 3.50. The smallest absolute Gasteiger partial charge is 0.409 e. The molecule has 1 saturated carbocycles. The van der Waals surface area contributed by atoms with Crippen molar-refractivity contribution in [2.75, 3.05) is 74.6 Å². The average molecular weight is 579 g/mol. The minimum atomic E-state index is -1.12. The van der Waals surface area contributed by atoms with Gasteiger partial charge in [-0.15, -0.1) is 12.8 Å². The summed E-state index contributed by atoms with van der Waals surface area (Å²) in [6.07, 6.45) is 15.6. The summed E-state index contributed by atoms with van der Waals surface area (Å²) >= 11 is 0. The van der Waals surface area contributed by atoms with Crippen LogP contribution in [0.25, 0.3) is 0 Å². The molecule has 1 aliphatic carbocycles. The molecular weight excluding hydrogens is 536 g/mol. The Morgan fingerprint density at radius 2 is 1.69 bits per heavy atom. The lowest BCUT2D eigenvalue weighted by Crippen LogP contribution is -2.53. The van der Waals surface area contributed by atoms with Gasteiger partial charge in [0.2, 0.25) is 5.91 Å². The molecule has 1 atom stereocenters. The maximum atomic E-state index is 13.8. The number of amides is 2. The summed E-state index contributed by atoms with van der Waals surface area (Å²) in [6, 6.07) is 3.50. The van der Waals surface area contributed by atoms with E-state index in [0.29, 0.717) is 64.5 Å². The summed E-state index contributed by atoms with van der Waals surface area (Å²) < 4.78 is 11.1. The molecule has 3 aliphatic rings. The Bertz CT molecular complexity index is 1190. The van der Waals surface area contributed by atoms with Crippen LogP contribution in [0.15, 0.2) is 12.1 Å². The van der Waals surface area contributed by atoms with E-state index in [4.69, 9.17) is 27.3 Å². The Morgan fingerprint density at radius 3 is 2.38 bits per heavy atom. The zero-order chi connectivity index (χ0) is 30.0. The van der Waals surface area contributed by atoms with Crippen molar-refractivity contribution in [2.24, 2.45) is 5.41 Å². The first kappa shape index (κ1) is 30.8. The first-order valence-corrected chi connectivity index (χ1v) is 14.9. The van der Waals surface area contributed by atoms with Crippen molar-refractivity contribution in [3.8, 4) is 24.7 Å². The first-order chi connectivity index (χ1) is 20.4. The van der Waals surface area contributed by atoms with Crippen LogP contribution in [0.3, 0.4) is 0 Å². The lowest BCUT2D eigenvalue weighted by molar-refractivity contribution is -0.168. The van der Waals surface area contributed by atoms with Crippen molar-refractivity contribution in [1.82, 2.24) is 14.8 Å². The van der Waals surface area contributed by atoms with E-state index in [0.717, 1.165) is 43.6 Å². The normalized spacial score (nSPS) is 19.8. The van der Waals surface area contributed by atoms with Gasteiger partial charge in [0.25, 0.3) is 0 Å². The van der Waals surface area contributed by atoms with Crippen molar-refractivity contribution < 1.29 is 23.9 Å². The number of likely N-dealkylation sites (tertiary alicyclic amines) is 1. The second-order valence-electron chi connectivity index (χ2n) is 10.9. The van der Waals surface area contributed by atoms with Crippen LogP contribution in [-0.2, 0) is 19.1 Å². The molecule has 226 valence electrons. The van der Waals surface area contributed by atoms with E-state index in [1.165, 1.54) is 0 Å². The minimum absolute atomic E-state index is 0.105. The molecule has 0 spiro atoms. The number of hydrogen-bond donors (Lipinski definition) is 2. The molecule has 1 aromatic rings. The number of terminal acetylenes is 2. The number of nitrogens with one attached hydrogen (secondary N) is 2. The number of rotatable bonds is 10. The number of ether oxygens (including phenoxy) is 2. The number of nitrogens with zero attached hydrogens (tertiary/aromatic N) is 4. The Kier molecular flexibility index (Phi) is 10.8. The van der Waals surface area contributed by atoms with Gasteiger partial charge in [-0.05, 0) is 44.7 Å². The minimum Gasteiger partial charge on any atom is -0.465 e. The van der Waals surface area contributed by atoms with Crippen LogP contribution in [0.1, 0.15) is 51.9 Å². The predicted molar refractivity (Wildman–Crippen MR) is 161 cm³/mol. The molecule has 0 aromatic carbocycles. The van der Waals surface area contributed by atoms with E-state index in [9.17, 15) is 14.4 Å². The lowest BCUT2D eigenvalue weighted by atomic mass is 9.72. The summed E-state index contributed by atoms with van der Waals surface area (Å²) in [4.78, 5) is 50.0. The molecule has 2 saturated heterocycles. The van der Waals surface area contributed by atoms with Gasteiger partial charge < -0.3 is 34.8 Å². The highest BCUT2D eigenvalue weighted by Crippen LogP contribution is 2.41. The van der Waals surface area contributed by atoms with E-state index in [2.05, 4.69) is 27.4 Å². The highest BCUT2D eigenvalue weighted by molar-refractivity contribution is 6.03. The molecule has 42 heavy (non-hydrogen) atoms. The van der Waals surface area contributed by atoms with E-state index < -0.39 is 17.5 Å². The third-order valence-electron chi connectivity index (χ3n) is 8.28. The van der Waals surface area contributed by atoms with E-state index >= 15 is 0 Å². The first-order valence-electron chi connectivity index (χ1n) is 14.9. The number of carbonyl (C=O) groups is 3. The zero-order valence-electron chi connectivity index (χ0n) is 24.5. The summed E-state index contributed by atoms with van der Waals surface area (Å²) in [5.74, 6) is 5.93. The molecule has 4 rings (SSSR count). The molecule has 1 unspecified atom stereocenters. The number of piperazine rings is 1. The topological polar surface area (TPSA) is 116 Å². The Labute approximate surface area is 248 Å². The molecule has 3 fully saturated rings. The molecular formula is C31H42N6O5. The number of carbonyl (C=O) groups excluding carboxylic acids is 3. The van der Waals surface area contributed by atoms with Gasteiger partial charge in [0, 0.05) is 32.7 Å². The van der Waals surface area contributed by atoms with Gasteiger partial charge in [-0.3, -0.25) is 9.59 Å². The second-order valence-corrected chi connectivity index (χ2v) is 10.9. The number of anilines is 3. The van der Waals surface area contributed by atoms with Gasteiger partial charge in [-0.1, -0.05) is 31.1 Å². The quantitative estimate of drug-likeness (QED) is 0.246. The summed E-state index contributed by atoms with van der Waals surface area (Å²) in [7, 11) is 0. The molecule has 2 aliphatic heterocycles. The third-order valence-corrected chi connectivity index (χ3v) is 8.28. The molecule has 11 nitrogen and oxygen atoms in total. The van der Waals surface area contributed by atoms with Crippen molar-refractivity contribution in [1.29, 1.82) is 0 Å². The Balaban J connectivity index is 1.34. The fourth-order valence-electron chi connectivity index (χ4n) is 6.05. The summed E-state index contributed by atoms with van der Waals surface area (Å²) in [5, 5.41) is 6.30. The van der Waals surface area contributed by atoms with Gasteiger partial charge in [-0.25, -0.2) is 9.78 Å². The molecule has 11 heteroatoms. The summed E-state index contributed by atoms with van der Waals surface area (Å²) in [6.45, 7) is 5.41. The molecule has 3 heterocycles. The standard InChI is InChI=1S/C31H42N6O5/c1-4-16-32-25-12-13-26(33-17-5-2)34-27(25)35-19-21-36(22-20-35)30(40)42-23-24-11-10-18-37(24)28(38)31(29(39)41-6-3)14-8-7-9-15-31/h1-2,12-13,24,32H,6-11,14-23H2,3H3,(H,33,34). The molecule has 2 N–H and O–H groups in total. The van der Waals surface area contributed by atoms with Crippen molar-refractivity contribution in [2.45, 2.75) is 57.9 Å². The number of esters is 1. The van der Waals surface area contributed by atoms with Crippen molar-refractivity contribution in [3.63, 3.8) is 0 Å². The van der Waals surface area contributed by atoms with Crippen LogP contribution in [-0.4, -0.2) is 97.8 Å². The Morgan fingerprint density at radius 1 is 0.976 bits per heavy atom.